The summed E-state index contributed by atoms with van der Waals surface area (Å²) in [5.74, 6) is -0.691. The van der Waals surface area contributed by atoms with E-state index in [1.54, 1.807) is 18.2 Å². The molecule has 1 aliphatic rings. The van der Waals surface area contributed by atoms with Crippen LogP contribution in [0.3, 0.4) is 0 Å². The number of hydrogen-bond acceptors (Lipinski definition) is 3. The fraction of sp³-hybridized carbons (Fsp3) is 0.368. The molecule has 2 aromatic carbocycles. The van der Waals surface area contributed by atoms with Crippen molar-refractivity contribution in [1.82, 2.24) is 0 Å². The van der Waals surface area contributed by atoms with Gasteiger partial charge in [0.1, 0.15) is 11.6 Å². The van der Waals surface area contributed by atoms with Gasteiger partial charge < -0.3 is 15.3 Å². The number of benzene rings is 2. The van der Waals surface area contributed by atoms with Crippen LogP contribution < -0.4 is 10.2 Å². The highest BCUT2D eigenvalue weighted by Crippen LogP contribution is 2.28. The first-order valence-electron chi connectivity index (χ1n) is 8.30. The number of aliphatic hydroxyl groups excluding tert-OH is 1. The van der Waals surface area contributed by atoms with E-state index in [4.69, 9.17) is 0 Å². The number of nitrogens with one attached hydrogen (secondary N) is 1. The minimum atomic E-state index is -0.889. The van der Waals surface area contributed by atoms with E-state index in [1.807, 2.05) is 6.07 Å². The van der Waals surface area contributed by atoms with Crippen molar-refractivity contribution in [2.45, 2.75) is 32.4 Å². The molecule has 2 N–H and O–H groups in total. The van der Waals surface area contributed by atoms with Crippen LogP contribution in [0.5, 0.6) is 0 Å². The van der Waals surface area contributed by atoms with Gasteiger partial charge >= 0.3 is 0 Å². The zero-order chi connectivity index (χ0) is 17.1. The van der Waals surface area contributed by atoms with Gasteiger partial charge in [0.15, 0.2) is 0 Å². The average molecular weight is 332 g/mol. The van der Waals surface area contributed by atoms with Crippen LogP contribution >= 0.6 is 0 Å². The molecule has 1 heterocycles. The molecule has 2 aromatic rings. The summed E-state index contributed by atoms with van der Waals surface area (Å²) >= 11 is 0. The molecule has 3 nitrogen and oxygen atoms in total. The molecule has 0 aromatic heterocycles. The first kappa shape index (κ1) is 16.7. The zero-order valence-corrected chi connectivity index (χ0v) is 13.7. The van der Waals surface area contributed by atoms with Crippen LogP contribution in [0.4, 0.5) is 20.2 Å². The highest BCUT2D eigenvalue weighted by molar-refractivity contribution is 5.57. The molecule has 1 unspecified atom stereocenters. The number of nitrogens with zero attached hydrogens (tertiary/aromatic N) is 1. The first-order valence-corrected chi connectivity index (χ1v) is 8.30. The Morgan fingerprint density at radius 3 is 2.58 bits per heavy atom. The Balaban J connectivity index is 1.81. The Morgan fingerprint density at radius 2 is 1.88 bits per heavy atom. The summed E-state index contributed by atoms with van der Waals surface area (Å²) in [5.41, 5.74) is 2.41. The lowest BCUT2D eigenvalue weighted by Gasteiger charge is -2.22. The lowest BCUT2D eigenvalue weighted by atomic mass is 10.1. The van der Waals surface area contributed by atoms with Crippen molar-refractivity contribution in [2.75, 3.05) is 23.3 Å². The third kappa shape index (κ3) is 3.51. The van der Waals surface area contributed by atoms with Crippen molar-refractivity contribution >= 4 is 11.4 Å². The van der Waals surface area contributed by atoms with Crippen molar-refractivity contribution < 1.29 is 13.9 Å². The fourth-order valence-electron chi connectivity index (χ4n) is 3.14. The third-order valence-corrected chi connectivity index (χ3v) is 4.46. The Kier molecular flexibility index (Phi) is 5.00. The summed E-state index contributed by atoms with van der Waals surface area (Å²) in [6, 6.07) is 9.61. The van der Waals surface area contributed by atoms with Gasteiger partial charge in [-0.2, -0.15) is 0 Å². The van der Waals surface area contributed by atoms with E-state index in [1.165, 1.54) is 19.1 Å². The van der Waals surface area contributed by atoms with Crippen LogP contribution in [0.1, 0.15) is 37.0 Å². The molecule has 1 atom stereocenters. The van der Waals surface area contributed by atoms with Gasteiger partial charge in [-0.1, -0.05) is 6.07 Å². The number of aliphatic hydroxyl groups is 1. The molecular weight excluding hydrogens is 310 g/mol. The van der Waals surface area contributed by atoms with Gasteiger partial charge in [0.05, 0.1) is 6.10 Å². The summed E-state index contributed by atoms with van der Waals surface area (Å²) < 4.78 is 28.0. The normalized spacial score (nSPS) is 15.6. The fourth-order valence-corrected chi connectivity index (χ4v) is 3.14. The minimum absolute atomic E-state index is 0.230. The Morgan fingerprint density at radius 1 is 1.12 bits per heavy atom. The third-order valence-electron chi connectivity index (χ3n) is 4.46. The zero-order valence-electron chi connectivity index (χ0n) is 13.7. The topological polar surface area (TPSA) is 35.5 Å². The van der Waals surface area contributed by atoms with E-state index < -0.39 is 11.9 Å². The van der Waals surface area contributed by atoms with Crippen molar-refractivity contribution in [2.24, 2.45) is 0 Å². The molecule has 5 heteroatoms. The molecule has 0 saturated carbocycles. The van der Waals surface area contributed by atoms with Gasteiger partial charge in [0.2, 0.25) is 0 Å². The van der Waals surface area contributed by atoms with E-state index in [9.17, 15) is 13.9 Å². The van der Waals surface area contributed by atoms with Crippen LogP contribution in [0.25, 0.3) is 0 Å². The molecule has 0 radical (unpaired) electrons. The van der Waals surface area contributed by atoms with Crippen LogP contribution in [-0.2, 0) is 6.54 Å². The quantitative estimate of drug-likeness (QED) is 0.860. The molecule has 128 valence electrons. The minimum Gasteiger partial charge on any atom is -0.389 e. The smallest absolute Gasteiger partial charge is 0.130 e. The van der Waals surface area contributed by atoms with E-state index in [0.717, 1.165) is 31.6 Å². The second kappa shape index (κ2) is 7.18. The molecule has 1 fully saturated rings. The van der Waals surface area contributed by atoms with Gasteiger partial charge in [-0.3, -0.25) is 0 Å². The average Bonchev–Trinajstić information content (AvgIpc) is 3.09. The van der Waals surface area contributed by atoms with E-state index >= 15 is 0 Å². The van der Waals surface area contributed by atoms with Crippen molar-refractivity contribution in [3.8, 4) is 0 Å². The molecule has 0 bridgehead atoms. The van der Waals surface area contributed by atoms with E-state index in [-0.39, 0.29) is 11.4 Å². The number of rotatable bonds is 5. The predicted octanol–water partition coefficient (Wildman–Crippen LogP) is 4.23. The molecular formula is C19H22F2N2O. The van der Waals surface area contributed by atoms with Crippen molar-refractivity contribution in [1.29, 1.82) is 0 Å². The van der Waals surface area contributed by atoms with Gasteiger partial charge in [-0.25, -0.2) is 8.78 Å². The van der Waals surface area contributed by atoms with E-state index in [0.29, 0.717) is 17.8 Å². The maximum Gasteiger partial charge on any atom is 0.130 e. The Labute approximate surface area is 140 Å². The monoisotopic (exact) mass is 332 g/mol. The van der Waals surface area contributed by atoms with Crippen molar-refractivity contribution in [3.63, 3.8) is 0 Å². The van der Waals surface area contributed by atoms with Crippen LogP contribution in [-0.4, -0.2) is 18.2 Å². The molecule has 24 heavy (non-hydrogen) atoms. The first-order chi connectivity index (χ1) is 11.6. The van der Waals surface area contributed by atoms with Gasteiger partial charge in [-0.15, -0.1) is 0 Å². The lowest BCUT2D eigenvalue weighted by molar-refractivity contribution is 0.194. The second-order valence-corrected chi connectivity index (χ2v) is 6.20. The van der Waals surface area contributed by atoms with Gasteiger partial charge in [-0.05, 0) is 50.1 Å². The summed E-state index contributed by atoms with van der Waals surface area (Å²) in [5, 5.41) is 12.8. The highest BCUT2D eigenvalue weighted by atomic mass is 19.1. The molecule has 0 amide bonds. The summed E-state index contributed by atoms with van der Waals surface area (Å²) in [6.07, 6.45) is 1.36. The maximum atomic E-state index is 14.3. The van der Waals surface area contributed by atoms with Crippen LogP contribution in [0, 0.1) is 11.6 Å². The largest absolute Gasteiger partial charge is 0.389 e. The van der Waals surface area contributed by atoms with Gasteiger partial charge in [0, 0.05) is 42.1 Å². The Bertz CT molecular complexity index is 713. The second-order valence-electron chi connectivity index (χ2n) is 6.20. The summed E-state index contributed by atoms with van der Waals surface area (Å²) in [7, 11) is 0. The predicted molar refractivity (Wildman–Crippen MR) is 92.2 cm³/mol. The molecule has 0 aliphatic carbocycles. The number of anilines is 2. The summed E-state index contributed by atoms with van der Waals surface area (Å²) in [6.45, 7) is 3.71. The molecule has 3 rings (SSSR count). The molecule has 0 spiro atoms. The SMILES string of the molecule is CC(O)c1cc(NCc2c(F)cccc2N2CCCC2)ccc1F. The van der Waals surface area contributed by atoms with Crippen LogP contribution in [0.2, 0.25) is 0 Å². The number of hydrogen-bond donors (Lipinski definition) is 2. The molecule has 1 saturated heterocycles. The highest BCUT2D eigenvalue weighted by Gasteiger charge is 2.18. The molecule has 1 aliphatic heterocycles. The van der Waals surface area contributed by atoms with Gasteiger partial charge in [0.25, 0.3) is 0 Å². The standard InChI is InChI=1S/C19H22F2N2O/c1-13(24)15-11-14(7-8-18(15)21)22-12-16-17(20)5-4-6-19(16)23-9-2-3-10-23/h4-8,11,13,22,24H,2-3,9-10,12H2,1H3. The van der Waals surface area contributed by atoms with Crippen LogP contribution in [0.15, 0.2) is 36.4 Å². The summed E-state index contributed by atoms with van der Waals surface area (Å²) in [4.78, 5) is 2.20. The number of halogens is 2. The lowest BCUT2D eigenvalue weighted by Crippen LogP contribution is -2.20. The van der Waals surface area contributed by atoms with Crippen molar-refractivity contribution in [3.05, 3.63) is 59.2 Å². The maximum absolute atomic E-state index is 14.3. The Hall–Kier alpha value is -2.14. The van der Waals surface area contributed by atoms with E-state index in [2.05, 4.69) is 10.2 Å².